The highest BCUT2D eigenvalue weighted by Gasteiger charge is 2.22. The zero-order chi connectivity index (χ0) is 12.3. The topological polar surface area (TPSA) is 38.3 Å². The summed E-state index contributed by atoms with van der Waals surface area (Å²) in [5.74, 6) is 0.128. The van der Waals surface area contributed by atoms with Crippen molar-refractivity contribution >= 4 is 21.8 Å². The van der Waals surface area contributed by atoms with E-state index in [1.807, 2.05) is 25.1 Å². The van der Waals surface area contributed by atoms with Gasteiger partial charge in [-0.3, -0.25) is 4.79 Å². The number of benzene rings is 1. The van der Waals surface area contributed by atoms with Gasteiger partial charge in [-0.2, -0.15) is 0 Å². The van der Waals surface area contributed by atoms with Crippen molar-refractivity contribution in [3.63, 3.8) is 0 Å². The van der Waals surface area contributed by atoms with Crippen molar-refractivity contribution in [2.75, 3.05) is 13.2 Å². The van der Waals surface area contributed by atoms with Crippen molar-refractivity contribution in [3.8, 4) is 0 Å². The molecule has 0 spiro atoms. The lowest BCUT2D eigenvalue weighted by Gasteiger charge is -2.10. The number of hydrogen-bond acceptors (Lipinski definition) is 2. The first kappa shape index (κ1) is 12.6. The Hall–Kier alpha value is -0.870. The van der Waals surface area contributed by atoms with Crippen molar-refractivity contribution in [1.82, 2.24) is 5.32 Å². The normalized spacial score (nSPS) is 19.3. The van der Waals surface area contributed by atoms with E-state index in [9.17, 15) is 4.79 Å². The molecule has 1 amide bonds. The lowest BCUT2D eigenvalue weighted by molar-refractivity contribution is -0.125. The van der Waals surface area contributed by atoms with Crippen LogP contribution in [0.15, 0.2) is 22.7 Å². The van der Waals surface area contributed by atoms with Gasteiger partial charge in [0.25, 0.3) is 0 Å². The smallest absolute Gasteiger partial charge is 0.225 e. The lowest BCUT2D eigenvalue weighted by Crippen LogP contribution is -2.30. The van der Waals surface area contributed by atoms with Gasteiger partial charge in [-0.05, 0) is 30.5 Å². The van der Waals surface area contributed by atoms with Gasteiger partial charge in [-0.25, -0.2) is 0 Å². The number of halogens is 1. The average molecular weight is 298 g/mol. The number of carbonyl (C=O) groups excluding carboxylic acids is 1. The number of carbonyl (C=O) groups is 1. The summed E-state index contributed by atoms with van der Waals surface area (Å²) in [6.45, 7) is 3.88. The van der Waals surface area contributed by atoms with Crippen LogP contribution in [0.2, 0.25) is 0 Å². The van der Waals surface area contributed by atoms with Gasteiger partial charge in [-0.1, -0.05) is 28.1 Å². The largest absolute Gasteiger partial charge is 0.381 e. The molecule has 1 aromatic rings. The molecule has 0 aliphatic carbocycles. The minimum Gasteiger partial charge on any atom is -0.381 e. The SMILES string of the molecule is Cc1ccc(CNC(=O)C2CCOC2)cc1Br. The molecule has 1 fully saturated rings. The van der Waals surface area contributed by atoms with E-state index < -0.39 is 0 Å². The zero-order valence-electron chi connectivity index (χ0n) is 9.83. The molecule has 0 saturated carbocycles. The Labute approximate surface area is 110 Å². The fourth-order valence-corrected chi connectivity index (χ4v) is 2.25. The van der Waals surface area contributed by atoms with Gasteiger partial charge in [0.2, 0.25) is 5.91 Å². The Morgan fingerprint density at radius 1 is 1.59 bits per heavy atom. The molecule has 0 bridgehead atoms. The van der Waals surface area contributed by atoms with Gasteiger partial charge < -0.3 is 10.1 Å². The minimum absolute atomic E-state index is 0.0314. The van der Waals surface area contributed by atoms with Gasteiger partial charge in [0.15, 0.2) is 0 Å². The number of nitrogens with one attached hydrogen (secondary N) is 1. The Kier molecular flexibility index (Phi) is 4.18. The molecule has 2 rings (SSSR count). The molecule has 1 heterocycles. The zero-order valence-corrected chi connectivity index (χ0v) is 11.4. The van der Waals surface area contributed by atoms with E-state index in [4.69, 9.17) is 4.74 Å². The molecular formula is C13H16BrNO2. The molecule has 1 N–H and O–H groups in total. The van der Waals surface area contributed by atoms with Crippen LogP contribution in [0.5, 0.6) is 0 Å². The highest BCUT2D eigenvalue weighted by molar-refractivity contribution is 9.10. The highest BCUT2D eigenvalue weighted by atomic mass is 79.9. The van der Waals surface area contributed by atoms with Crippen LogP contribution in [0.3, 0.4) is 0 Å². The van der Waals surface area contributed by atoms with Crippen molar-refractivity contribution < 1.29 is 9.53 Å². The second kappa shape index (κ2) is 5.65. The number of amides is 1. The molecule has 0 radical (unpaired) electrons. The first-order chi connectivity index (χ1) is 8.16. The fraction of sp³-hybridized carbons (Fsp3) is 0.462. The van der Waals surface area contributed by atoms with E-state index in [2.05, 4.69) is 21.2 Å². The van der Waals surface area contributed by atoms with Crippen LogP contribution in [-0.2, 0) is 16.1 Å². The number of rotatable bonds is 3. The van der Waals surface area contributed by atoms with Crippen LogP contribution in [0.4, 0.5) is 0 Å². The van der Waals surface area contributed by atoms with Crippen molar-refractivity contribution in [3.05, 3.63) is 33.8 Å². The van der Waals surface area contributed by atoms with E-state index in [1.54, 1.807) is 0 Å². The summed E-state index contributed by atoms with van der Waals surface area (Å²) in [5, 5.41) is 2.95. The molecule has 3 nitrogen and oxygen atoms in total. The van der Waals surface area contributed by atoms with Crippen LogP contribution in [-0.4, -0.2) is 19.1 Å². The third kappa shape index (κ3) is 3.30. The van der Waals surface area contributed by atoms with Gasteiger partial charge in [0, 0.05) is 17.6 Å². The molecular weight excluding hydrogens is 282 g/mol. The summed E-state index contributed by atoms with van der Waals surface area (Å²) in [6, 6.07) is 6.12. The van der Waals surface area contributed by atoms with Crippen molar-refractivity contribution in [2.24, 2.45) is 5.92 Å². The maximum atomic E-state index is 11.8. The Morgan fingerprint density at radius 2 is 2.41 bits per heavy atom. The van der Waals surface area contributed by atoms with Crippen LogP contribution in [0.1, 0.15) is 17.5 Å². The van der Waals surface area contributed by atoms with Crippen molar-refractivity contribution in [2.45, 2.75) is 19.9 Å². The van der Waals surface area contributed by atoms with E-state index in [0.717, 1.165) is 16.5 Å². The first-order valence-corrected chi connectivity index (χ1v) is 6.56. The molecule has 1 aromatic carbocycles. The second-order valence-corrected chi connectivity index (χ2v) is 5.22. The minimum atomic E-state index is 0.0314. The molecule has 1 aliphatic rings. The van der Waals surface area contributed by atoms with E-state index in [1.165, 1.54) is 5.56 Å². The second-order valence-electron chi connectivity index (χ2n) is 4.36. The Morgan fingerprint density at radius 3 is 3.06 bits per heavy atom. The number of aryl methyl sites for hydroxylation is 1. The van der Waals surface area contributed by atoms with Crippen LogP contribution in [0, 0.1) is 12.8 Å². The molecule has 1 aliphatic heterocycles. The molecule has 0 aromatic heterocycles. The molecule has 1 saturated heterocycles. The third-order valence-electron chi connectivity index (χ3n) is 3.00. The fourth-order valence-electron chi connectivity index (χ4n) is 1.82. The quantitative estimate of drug-likeness (QED) is 0.930. The predicted molar refractivity (Wildman–Crippen MR) is 69.7 cm³/mol. The number of ether oxygens (including phenoxy) is 1. The lowest BCUT2D eigenvalue weighted by atomic mass is 10.1. The summed E-state index contributed by atoms with van der Waals surface area (Å²) < 4.78 is 6.27. The van der Waals surface area contributed by atoms with E-state index in [-0.39, 0.29) is 11.8 Å². The third-order valence-corrected chi connectivity index (χ3v) is 3.86. The summed E-state index contributed by atoms with van der Waals surface area (Å²) in [6.07, 6.45) is 0.837. The average Bonchev–Trinajstić information content (AvgIpc) is 2.84. The van der Waals surface area contributed by atoms with Gasteiger partial charge in [0.05, 0.1) is 12.5 Å². The van der Waals surface area contributed by atoms with Crippen molar-refractivity contribution in [1.29, 1.82) is 0 Å². The van der Waals surface area contributed by atoms with Gasteiger partial charge in [0.1, 0.15) is 0 Å². The maximum absolute atomic E-state index is 11.8. The standard InChI is InChI=1S/C13H16BrNO2/c1-9-2-3-10(6-12(9)14)7-15-13(16)11-4-5-17-8-11/h2-3,6,11H,4-5,7-8H2,1H3,(H,15,16). The first-order valence-electron chi connectivity index (χ1n) is 5.77. The summed E-state index contributed by atoms with van der Waals surface area (Å²) >= 11 is 3.49. The molecule has 1 atom stereocenters. The van der Waals surface area contributed by atoms with Crippen LogP contribution < -0.4 is 5.32 Å². The molecule has 4 heteroatoms. The number of hydrogen-bond donors (Lipinski definition) is 1. The summed E-state index contributed by atoms with van der Waals surface area (Å²) in [4.78, 5) is 11.8. The molecule has 92 valence electrons. The summed E-state index contributed by atoms with van der Waals surface area (Å²) in [5.41, 5.74) is 2.30. The Bertz CT molecular complexity index is 414. The summed E-state index contributed by atoms with van der Waals surface area (Å²) in [7, 11) is 0. The Balaban J connectivity index is 1.88. The monoisotopic (exact) mass is 297 g/mol. The van der Waals surface area contributed by atoms with Gasteiger partial charge >= 0.3 is 0 Å². The molecule has 1 unspecified atom stereocenters. The maximum Gasteiger partial charge on any atom is 0.225 e. The highest BCUT2D eigenvalue weighted by Crippen LogP contribution is 2.18. The predicted octanol–water partition coefficient (Wildman–Crippen LogP) is 2.41. The van der Waals surface area contributed by atoms with Gasteiger partial charge in [-0.15, -0.1) is 0 Å². The van der Waals surface area contributed by atoms with Crippen LogP contribution >= 0.6 is 15.9 Å². The van der Waals surface area contributed by atoms with E-state index >= 15 is 0 Å². The molecule has 17 heavy (non-hydrogen) atoms. The van der Waals surface area contributed by atoms with Crippen LogP contribution in [0.25, 0.3) is 0 Å². The van der Waals surface area contributed by atoms with E-state index in [0.29, 0.717) is 19.8 Å².